The number of aromatic nitrogens is 4. The van der Waals surface area contributed by atoms with Gasteiger partial charge in [0.25, 0.3) is 29.0 Å². The maximum absolute atomic E-state index is 11.9. The summed E-state index contributed by atoms with van der Waals surface area (Å²) in [5.74, 6) is -1.53. The zero-order chi connectivity index (χ0) is 33.8. The number of aliphatic carboxylic acids is 2. The van der Waals surface area contributed by atoms with Gasteiger partial charge in [-0.1, -0.05) is 66.2 Å². The summed E-state index contributed by atoms with van der Waals surface area (Å²) in [6, 6.07) is 0. The molecule has 2 heterocycles. The number of rotatable bonds is 7. The van der Waals surface area contributed by atoms with Crippen molar-refractivity contribution < 1.29 is 139 Å². The summed E-state index contributed by atoms with van der Waals surface area (Å²) < 4.78 is 0.318. The molecule has 0 bridgehead atoms. The van der Waals surface area contributed by atoms with E-state index in [0.29, 0.717) is 16.4 Å². The van der Waals surface area contributed by atoms with Gasteiger partial charge in [0.05, 0.1) is 24.6 Å². The van der Waals surface area contributed by atoms with Crippen molar-refractivity contribution in [2.45, 2.75) is 81.2 Å². The van der Waals surface area contributed by atoms with Crippen LogP contribution in [0, 0.1) is 17.9 Å². The van der Waals surface area contributed by atoms with E-state index in [9.17, 15) is 19.2 Å². The molecule has 246 valence electrons. The van der Waals surface area contributed by atoms with Crippen LogP contribution in [0.25, 0.3) is 9.69 Å². The molecule has 4 rings (SSSR count). The largest absolute Gasteiger partial charge is 1.00 e. The van der Waals surface area contributed by atoms with Crippen molar-refractivity contribution in [3.63, 3.8) is 0 Å². The molecule has 0 atom stereocenters. The minimum Gasteiger partial charge on any atom is -1.00 e. The third kappa shape index (κ3) is 18.8. The number of H-pyrrole nitrogens is 3. The first kappa shape index (κ1) is 48.5. The van der Waals surface area contributed by atoms with Crippen LogP contribution in [-0.4, -0.2) is 59.6 Å². The number of thioether (sulfide) groups is 1. The molecular weight excluding hydrogens is 775 g/mol. The van der Waals surface area contributed by atoms with Gasteiger partial charge in [-0.2, -0.15) is 0 Å². The Labute approximate surface area is 374 Å². The quantitative estimate of drug-likeness (QED) is 0.0251. The van der Waals surface area contributed by atoms with Crippen LogP contribution in [0.2, 0.25) is 0 Å². The summed E-state index contributed by atoms with van der Waals surface area (Å²) in [4.78, 5) is 73.5. The molecule has 20 heteroatoms. The first-order chi connectivity index (χ1) is 21.5. The Morgan fingerprint density at radius 3 is 1.85 bits per heavy atom. The van der Waals surface area contributed by atoms with Gasteiger partial charge in [0, 0.05) is 5.69 Å². The standard InChI is InChI=1S/C13H15N3O3S.C11H13N3OS.C2H3BrO2.CH2O3.2K.H/c1-14-11-10(8-5-3-2-4-6-8)15-13(16-12(11)19)20-7-9(17)18;1-12-9-8(7-5-3-2-4-6-7)13-11(16)14-10(9)15;3-1-2(4)5;2-1-4-3;;;/h8H,2-7H2,(H,17,18)(H,15,16,19);7H,2-6H2,(H2,13,14,15,16);1H2,(H,4,5);1,3H;;;/q;;;;2*+1;-1/p-1. The molecule has 0 saturated heterocycles. The predicted octanol–water partition coefficient (Wildman–Crippen LogP) is -1.40. The molecule has 0 aromatic carbocycles. The third-order valence-corrected chi connectivity index (χ3v) is 8.10. The molecule has 2 saturated carbocycles. The second-order valence-corrected chi connectivity index (χ2v) is 11.5. The van der Waals surface area contributed by atoms with Crippen LogP contribution in [0.1, 0.15) is 88.9 Å². The van der Waals surface area contributed by atoms with Crippen molar-refractivity contribution in [2.75, 3.05) is 11.1 Å². The second-order valence-electron chi connectivity index (χ2n) is 9.57. The molecule has 2 aromatic heterocycles. The Morgan fingerprint density at radius 2 is 1.43 bits per heavy atom. The minimum atomic E-state index is -0.967. The SMILES string of the molecule is O=C(O)CBr.O=CO[O-].[C-]#[N+]c1c(C2CCCCC2)[nH]c(=S)[nH]c1=O.[C-]#[N+]c1c(C2CCCCC2)nc(SCC(=O)O)[nH]c1=O.[H-].[K+].[K+]. The van der Waals surface area contributed by atoms with E-state index in [2.05, 4.69) is 50.4 Å². The summed E-state index contributed by atoms with van der Waals surface area (Å²) in [6.07, 6.45) is 10.8. The van der Waals surface area contributed by atoms with Gasteiger partial charge in [-0.15, -0.1) is 0 Å². The molecule has 2 aromatic rings. The molecule has 0 spiro atoms. The fourth-order valence-corrected chi connectivity index (χ4v) is 5.52. The number of aromatic amines is 3. The molecule has 2 aliphatic carbocycles. The van der Waals surface area contributed by atoms with E-state index in [1.807, 2.05) is 0 Å². The summed E-state index contributed by atoms with van der Waals surface area (Å²) in [5.41, 5.74) is 0.680. The average molecular weight is 808 g/mol. The Kier molecular flexibility index (Phi) is 29.1. The third-order valence-electron chi connectivity index (χ3n) is 6.56. The number of carbonyl (C=O) groups excluding carboxylic acids is 1. The number of hydrogen-bond donors (Lipinski definition) is 5. The first-order valence-corrected chi connectivity index (χ1v) is 16.1. The molecular formula is C27H33BrK2N6O9S2. The van der Waals surface area contributed by atoms with Crippen molar-refractivity contribution in [3.05, 3.63) is 59.7 Å². The van der Waals surface area contributed by atoms with Gasteiger partial charge in [-0.05, 0) is 49.7 Å². The van der Waals surface area contributed by atoms with Crippen molar-refractivity contribution in [1.29, 1.82) is 0 Å². The second kappa shape index (κ2) is 28.2. The van der Waals surface area contributed by atoms with Gasteiger partial charge in [-0.25, -0.2) is 14.7 Å². The van der Waals surface area contributed by atoms with Crippen LogP contribution in [0.3, 0.4) is 0 Å². The number of halogens is 1. The minimum absolute atomic E-state index is 0. The predicted molar refractivity (Wildman–Crippen MR) is 169 cm³/mol. The molecule has 2 aliphatic rings. The zero-order valence-corrected chi connectivity index (χ0v) is 35.5. The smallest absolute Gasteiger partial charge is 1.00 e. The van der Waals surface area contributed by atoms with E-state index in [1.165, 1.54) is 12.8 Å². The van der Waals surface area contributed by atoms with E-state index in [0.717, 1.165) is 68.8 Å². The maximum Gasteiger partial charge on any atom is 1.00 e. The molecule has 15 nitrogen and oxygen atoms in total. The van der Waals surface area contributed by atoms with Crippen molar-refractivity contribution in [3.8, 4) is 0 Å². The molecule has 0 aliphatic heterocycles. The number of nitrogens with one attached hydrogen (secondary N) is 3. The maximum atomic E-state index is 11.9. The fourth-order valence-electron chi connectivity index (χ4n) is 4.73. The Hall–Kier alpha value is -0.567. The van der Waals surface area contributed by atoms with Crippen LogP contribution < -0.4 is 119 Å². The van der Waals surface area contributed by atoms with Crippen LogP contribution in [0.4, 0.5) is 11.4 Å². The number of carboxylic acid groups (broad SMARTS) is 2. The molecule has 0 unspecified atom stereocenters. The molecule has 0 radical (unpaired) electrons. The van der Waals surface area contributed by atoms with Gasteiger partial charge in [-0.3, -0.25) is 24.0 Å². The van der Waals surface area contributed by atoms with Crippen LogP contribution in [0.15, 0.2) is 14.7 Å². The Morgan fingerprint density at radius 1 is 0.957 bits per heavy atom. The number of carbonyl (C=O) groups is 3. The van der Waals surface area contributed by atoms with Crippen molar-refractivity contribution >= 4 is 69.7 Å². The van der Waals surface area contributed by atoms with Gasteiger partial charge in [0.15, 0.2) is 9.93 Å². The first-order valence-electron chi connectivity index (χ1n) is 13.6. The Balaban J connectivity index is -0.000000649. The van der Waals surface area contributed by atoms with Crippen molar-refractivity contribution in [1.82, 2.24) is 19.9 Å². The van der Waals surface area contributed by atoms with E-state index in [-0.39, 0.29) is 150 Å². The topological polar surface area (TPSA) is 227 Å². The summed E-state index contributed by atoms with van der Waals surface area (Å²) in [6.45, 7) is 14.0. The fraction of sp³-hybridized carbons (Fsp3) is 0.519. The number of hydrogen-bond acceptors (Lipinski definition) is 10. The van der Waals surface area contributed by atoms with Crippen molar-refractivity contribution in [2.24, 2.45) is 0 Å². The van der Waals surface area contributed by atoms with Crippen LogP contribution >= 0.6 is 39.9 Å². The van der Waals surface area contributed by atoms with Crippen LogP contribution in [0.5, 0.6) is 0 Å². The van der Waals surface area contributed by atoms with Gasteiger partial charge < -0.3 is 36.7 Å². The number of alkyl halides is 1. The molecule has 47 heavy (non-hydrogen) atoms. The van der Waals surface area contributed by atoms with Gasteiger partial charge in [0.1, 0.15) is 5.33 Å². The van der Waals surface area contributed by atoms with Gasteiger partial charge >= 0.3 is 115 Å². The van der Waals surface area contributed by atoms with E-state index in [1.54, 1.807) is 0 Å². The summed E-state index contributed by atoms with van der Waals surface area (Å²) >= 11 is 8.63. The Bertz CT molecular complexity index is 1550. The monoisotopic (exact) mass is 806 g/mol. The van der Waals surface area contributed by atoms with E-state index in [4.69, 9.17) is 45.6 Å². The van der Waals surface area contributed by atoms with E-state index >= 15 is 0 Å². The molecule has 5 N–H and O–H groups in total. The average Bonchev–Trinajstić information content (AvgIpc) is 3.04. The van der Waals surface area contributed by atoms with Crippen LogP contribution in [-0.2, 0) is 19.3 Å². The van der Waals surface area contributed by atoms with E-state index < -0.39 is 17.5 Å². The normalized spacial score (nSPS) is 13.7. The number of nitrogens with zero attached hydrogens (tertiary/aromatic N) is 3. The molecule has 0 amide bonds. The summed E-state index contributed by atoms with van der Waals surface area (Å²) in [5, 5.41) is 25.1. The van der Waals surface area contributed by atoms with Gasteiger partial charge in [0.2, 0.25) is 0 Å². The summed E-state index contributed by atoms with van der Waals surface area (Å²) in [7, 11) is 0. The zero-order valence-electron chi connectivity index (χ0n) is 27.0. The molecule has 2 fully saturated rings. The number of carboxylic acids is 2.